The summed E-state index contributed by atoms with van der Waals surface area (Å²) in [6.45, 7) is 3.63. The highest BCUT2D eigenvalue weighted by Crippen LogP contribution is 2.25. The van der Waals surface area contributed by atoms with Gasteiger partial charge in [-0.1, -0.05) is 26.0 Å². The number of guanidine groups is 1. The van der Waals surface area contributed by atoms with E-state index in [-0.39, 0.29) is 17.4 Å². The van der Waals surface area contributed by atoms with Crippen LogP contribution in [0.2, 0.25) is 0 Å². The van der Waals surface area contributed by atoms with Gasteiger partial charge in [0.25, 0.3) is 10.1 Å². The zero-order valence-electron chi connectivity index (χ0n) is 15.5. The van der Waals surface area contributed by atoms with Crippen molar-refractivity contribution in [3.8, 4) is 0 Å². The first-order chi connectivity index (χ1) is 12.3. The molecule has 0 aliphatic rings. The third-order valence-electron chi connectivity index (χ3n) is 3.59. The lowest BCUT2D eigenvalue weighted by molar-refractivity contribution is 0.222. The summed E-state index contributed by atoms with van der Waals surface area (Å²) in [5.74, 6) is -1.64. The summed E-state index contributed by atoms with van der Waals surface area (Å²) in [6, 6.07) is 3.82. The van der Waals surface area contributed by atoms with E-state index in [4.69, 9.17) is 9.96 Å². The molecule has 1 aromatic rings. The van der Waals surface area contributed by atoms with Gasteiger partial charge in [-0.2, -0.15) is 8.42 Å². The van der Waals surface area contributed by atoms with Gasteiger partial charge in [0.15, 0.2) is 21.7 Å². The van der Waals surface area contributed by atoms with Crippen molar-refractivity contribution in [1.29, 1.82) is 5.41 Å². The summed E-state index contributed by atoms with van der Waals surface area (Å²) in [4.78, 5) is 12.8. The summed E-state index contributed by atoms with van der Waals surface area (Å²) < 4.78 is 55.0. The maximum atomic E-state index is 12.2. The number of nitrogens with zero attached hydrogens (tertiary/aromatic N) is 1. The molecule has 1 rings (SSSR count). The zero-order chi connectivity index (χ0) is 21.0. The van der Waals surface area contributed by atoms with Gasteiger partial charge >= 0.3 is 6.03 Å². The van der Waals surface area contributed by atoms with Crippen LogP contribution >= 0.6 is 0 Å². The van der Waals surface area contributed by atoms with Crippen molar-refractivity contribution in [3.05, 3.63) is 29.3 Å². The van der Waals surface area contributed by atoms with E-state index in [0.717, 1.165) is 6.26 Å². The highest BCUT2D eigenvalue weighted by atomic mass is 32.2. The number of carbonyl (C=O) groups is 1. The fraction of sp³-hybridized carbons (Fsp3) is 0.467. The van der Waals surface area contributed by atoms with Gasteiger partial charge in [0, 0.05) is 19.8 Å². The summed E-state index contributed by atoms with van der Waals surface area (Å²) in [5, 5.41) is 12.3. The average molecular weight is 421 g/mol. The van der Waals surface area contributed by atoms with E-state index in [1.165, 1.54) is 13.1 Å². The minimum Gasteiger partial charge on any atom is -0.359 e. The minimum atomic E-state index is -4.54. The van der Waals surface area contributed by atoms with E-state index in [1.54, 1.807) is 12.1 Å². The fourth-order valence-electron chi connectivity index (χ4n) is 2.28. The van der Waals surface area contributed by atoms with Crippen molar-refractivity contribution >= 4 is 31.9 Å². The lowest BCUT2D eigenvalue weighted by Gasteiger charge is -2.21. The van der Waals surface area contributed by atoms with Gasteiger partial charge in [-0.05, 0) is 23.1 Å². The average Bonchev–Trinajstić information content (AvgIpc) is 2.54. The van der Waals surface area contributed by atoms with Crippen LogP contribution in [0.5, 0.6) is 0 Å². The minimum absolute atomic E-state index is 0.0141. The molecular weight excluding hydrogens is 396 g/mol. The molecule has 0 spiro atoms. The molecule has 0 saturated carbocycles. The van der Waals surface area contributed by atoms with Crippen molar-refractivity contribution in [3.63, 3.8) is 0 Å². The number of hydrogen-bond donors (Lipinski definition) is 4. The molecule has 10 nitrogen and oxygen atoms in total. The molecule has 0 aromatic heterocycles. The van der Waals surface area contributed by atoms with Crippen LogP contribution in [0.25, 0.3) is 0 Å². The summed E-state index contributed by atoms with van der Waals surface area (Å²) in [7, 11) is -6.70. The second-order valence-electron chi connectivity index (χ2n) is 6.20. The van der Waals surface area contributed by atoms with Crippen LogP contribution in [0, 0.1) is 5.41 Å². The molecule has 12 heteroatoms. The Bertz CT molecular complexity index is 926. The molecule has 2 amide bonds. The monoisotopic (exact) mass is 420 g/mol. The maximum absolute atomic E-state index is 12.2. The predicted molar refractivity (Wildman–Crippen MR) is 101 cm³/mol. The number of hydrogen-bond acceptors (Lipinski definition) is 6. The predicted octanol–water partition coefficient (Wildman–Crippen LogP) is 0.725. The Morgan fingerprint density at radius 3 is 2.30 bits per heavy atom. The molecular formula is C15H24N4O6S2. The first kappa shape index (κ1) is 22.9. The highest BCUT2D eigenvalue weighted by molar-refractivity contribution is 7.90. The first-order valence-corrected chi connectivity index (χ1v) is 11.4. The van der Waals surface area contributed by atoms with Crippen molar-refractivity contribution in [2.24, 2.45) is 0 Å². The van der Waals surface area contributed by atoms with Crippen molar-refractivity contribution < 1.29 is 26.2 Å². The third kappa shape index (κ3) is 6.81. The lowest BCUT2D eigenvalue weighted by atomic mass is 10.0. The number of nitrogens with one attached hydrogen (secondary N) is 3. The first-order valence-electron chi connectivity index (χ1n) is 7.86. The maximum Gasteiger partial charge on any atom is 0.325 e. The molecule has 4 N–H and O–H groups in total. The molecule has 0 aliphatic carbocycles. The second-order valence-corrected chi connectivity index (χ2v) is 9.60. The smallest absolute Gasteiger partial charge is 0.325 e. The SMILES string of the molecule is CNC(=N)N(CS(=O)(=O)O)C(=O)NCc1ccc(C(C)C)c(S(C)(=O)=O)c1. The molecule has 0 fully saturated rings. The van der Waals surface area contributed by atoms with Gasteiger partial charge in [-0.15, -0.1) is 0 Å². The van der Waals surface area contributed by atoms with Crippen LogP contribution < -0.4 is 10.6 Å². The lowest BCUT2D eigenvalue weighted by Crippen LogP contribution is -2.49. The topological polar surface area (TPSA) is 157 Å². The van der Waals surface area contributed by atoms with E-state index in [1.807, 2.05) is 13.8 Å². The Balaban J connectivity index is 3.05. The molecule has 152 valence electrons. The van der Waals surface area contributed by atoms with E-state index in [0.29, 0.717) is 16.0 Å². The van der Waals surface area contributed by atoms with E-state index in [9.17, 15) is 21.6 Å². The molecule has 0 unspecified atom stereocenters. The Labute approximate surface area is 159 Å². The second kappa shape index (κ2) is 8.67. The number of urea groups is 1. The third-order valence-corrected chi connectivity index (χ3v) is 5.32. The van der Waals surface area contributed by atoms with E-state index in [2.05, 4.69) is 10.6 Å². The van der Waals surface area contributed by atoms with Gasteiger partial charge < -0.3 is 10.6 Å². The summed E-state index contributed by atoms with van der Waals surface area (Å²) >= 11 is 0. The van der Waals surface area contributed by atoms with Crippen molar-refractivity contribution in [1.82, 2.24) is 15.5 Å². The Hall–Kier alpha value is -2.18. The molecule has 0 radical (unpaired) electrons. The molecule has 0 heterocycles. The van der Waals surface area contributed by atoms with Crippen molar-refractivity contribution in [2.75, 3.05) is 19.2 Å². The quantitative estimate of drug-likeness (QED) is 0.300. The molecule has 0 aliphatic heterocycles. The number of amides is 2. The number of carbonyl (C=O) groups excluding carboxylic acids is 1. The number of sulfone groups is 1. The largest absolute Gasteiger partial charge is 0.359 e. The molecule has 0 atom stereocenters. The van der Waals surface area contributed by atoms with Crippen LogP contribution in [0.4, 0.5) is 4.79 Å². The van der Waals surface area contributed by atoms with Crippen LogP contribution in [0.15, 0.2) is 23.1 Å². The Morgan fingerprint density at radius 1 is 1.26 bits per heavy atom. The van der Waals surface area contributed by atoms with Crippen LogP contribution in [-0.2, 0) is 26.5 Å². The van der Waals surface area contributed by atoms with Crippen LogP contribution in [0.1, 0.15) is 30.9 Å². The van der Waals surface area contributed by atoms with Gasteiger partial charge in [0.1, 0.15) is 0 Å². The summed E-state index contributed by atoms with van der Waals surface area (Å²) in [5.41, 5.74) is 1.13. The van der Waals surface area contributed by atoms with E-state index >= 15 is 0 Å². The molecule has 27 heavy (non-hydrogen) atoms. The number of rotatable bonds is 6. The Kier molecular flexibility index (Phi) is 7.34. The highest BCUT2D eigenvalue weighted by Gasteiger charge is 2.23. The van der Waals surface area contributed by atoms with Gasteiger partial charge in [0.05, 0.1) is 4.90 Å². The van der Waals surface area contributed by atoms with Crippen LogP contribution in [0.3, 0.4) is 0 Å². The fourth-order valence-corrected chi connectivity index (χ4v) is 3.95. The molecule has 0 bridgehead atoms. The molecule has 0 saturated heterocycles. The normalized spacial score (nSPS) is 11.9. The zero-order valence-corrected chi connectivity index (χ0v) is 17.1. The van der Waals surface area contributed by atoms with Crippen molar-refractivity contribution in [2.45, 2.75) is 31.2 Å². The van der Waals surface area contributed by atoms with E-state index < -0.39 is 37.8 Å². The van der Waals surface area contributed by atoms with Gasteiger partial charge in [-0.3, -0.25) is 9.96 Å². The van der Waals surface area contributed by atoms with Crippen LogP contribution in [-0.4, -0.2) is 57.5 Å². The standard InChI is InChI=1S/C15H24N4O6S2/c1-10(2)12-6-5-11(7-13(12)26(4,21)22)8-18-15(20)19(14(16)17-3)9-27(23,24)25/h5-7,10H,8-9H2,1-4H3,(H2,16,17)(H,18,20)(H,23,24,25). The van der Waals surface area contributed by atoms with Gasteiger partial charge in [-0.25, -0.2) is 18.1 Å². The van der Waals surface area contributed by atoms with Gasteiger partial charge in [0.2, 0.25) is 0 Å². The number of benzene rings is 1. The Morgan fingerprint density at radius 2 is 1.85 bits per heavy atom. The summed E-state index contributed by atoms with van der Waals surface area (Å²) in [6.07, 6.45) is 1.10. The molecule has 1 aromatic carbocycles.